The van der Waals surface area contributed by atoms with E-state index in [4.69, 9.17) is 9.47 Å². The summed E-state index contributed by atoms with van der Waals surface area (Å²) in [4.78, 5) is 22.7. The summed E-state index contributed by atoms with van der Waals surface area (Å²) in [5.74, 6) is 0.00262. The molecular formula is C20H23N3O3. The van der Waals surface area contributed by atoms with E-state index in [1.165, 1.54) is 0 Å². The Labute approximate surface area is 153 Å². The van der Waals surface area contributed by atoms with Gasteiger partial charge in [0.15, 0.2) is 0 Å². The molecule has 0 aliphatic carbocycles. The zero-order chi connectivity index (χ0) is 17.8. The van der Waals surface area contributed by atoms with Crippen molar-refractivity contribution >= 4 is 5.91 Å². The topological polar surface area (TPSA) is 64.6 Å². The average Bonchev–Trinajstić information content (AvgIpc) is 3.10. The lowest BCUT2D eigenvalue weighted by molar-refractivity contribution is -0.0413. The number of carbonyl (C=O) groups excluding carboxylic acids is 1. The molecule has 1 amide bonds. The summed E-state index contributed by atoms with van der Waals surface area (Å²) in [6.45, 7) is 2.58. The third-order valence-corrected chi connectivity index (χ3v) is 5.23. The molecule has 0 radical (unpaired) electrons. The average molecular weight is 353 g/mol. The predicted octanol–water partition coefficient (Wildman–Crippen LogP) is 2.46. The zero-order valence-corrected chi connectivity index (χ0v) is 14.7. The van der Waals surface area contributed by atoms with Gasteiger partial charge in [-0.25, -0.2) is 0 Å². The van der Waals surface area contributed by atoms with Crippen LogP contribution in [0.5, 0.6) is 0 Å². The van der Waals surface area contributed by atoms with Gasteiger partial charge in [0, 0.05) is 38.1 Å². The lowest BCUT2D eigenvalue weighted by Gasteiger charge is -2.38. The van der Waals surface area contributed by atoms with Crippen molar-refractivity contribution < 1.29 is 14.3 Å². The molecule has 0 bridgehead atoms. The van der Waals surface area contributed by atoms with Crippen molar-refractivity contribution in [2.45, 2.75) is 37.6 Å². The number of nitrogens with zero attached hydrogens (tertiary/aromatic N) is 3. The van der Waals surface area contributed by atoms with Gasteiger partial charge in [-0.05, 0) is 36.6 Å². The fraction of sp³-hybridized carbons (Fsp3) is 0.450. The first kappa shape index (κ1) is 17.1. The van der Waals surface area contributed by atoms with Gasteiger partial charge in [0.1, 0.15) is 5.69 Å². The standard InChI is InChI=1S/C20H23N3O3/c24-19(18-5-1-2-9-22-18)23-10-6-20(7-11-23)12-17(15-26-20)25-14-16-4-3-8-21-13-16/h1-5,8-9,13,17H,6-7,10-12,14-15H2/t17-/m0/s1. The van der Waals surface area contributed by atoms with Crippen LogP contribution in [0.2, 0.25) is 0 Å². The maximum Gasteiger partial charge on any atom is 0.272 e. The van der Waals surface area contributed by atoms with Gasteiger partial charge in [-0.1, -0.05) is 12.1 Å². The minimum Gasteiger partial charge on any atom is -0.372 e. The first-order chi connectivity index (χ1) is 12.7. The molecule has 1 spiro atoms. The molecule has 2 aromatic heterocycles. The molecule has 136 valence electrons. The van der Waals surface area contributed by atoms with E-state index in [2.05, 4.69) is 9.97 Å². The monoisotopic (exact) mass is 353 g/mol. The van der Waals surface area contributed by atoms with E-state index in [0.717, 1.165) is 24.8 Å². The Bertz CT molecular complexity index is 730. The number of pyridine rings is 2. The minimum absolute atomic E-state index is 0.00262. The highest BCUT2D eigenvalue weighted by Gasteiger charge is 2.44. The first-order valence-corrected chi connectivity index (χ1v) is 9.09. The largest absolute Gasteiger partial charge is 0.372 e. The van der Waals surface area contributed by atoms with Crippen molar-refractivity contribution in [1.82, 2.24) is 14.9 Å². The third-order valence-electron chi connectivity index (χ3n) is 5.23. The number of likely N-dealkylation sites (tertiary alicyclic amines) is 1. The van der Waals surface area contributed by atoms with Crippen LogP contribution in [0, 0.1) is 0 Å². The van der Waals surface area contributed by atoms with Crippen LogP contribution in [0.3, 0.4) is 0 Å². The summed E-state index contributed by atoms with van der Waals surface area (Å²) in [5.41, 5.74) is 1.43. The van der Waals surface area contributed by atoms with Crippen molar-refractivity contribution in [2.24, 2.45) is 0 Å². The molecule has 0 N–H and O–H groups in total. The number of ether oxygens (including phenoxy) is 2. The van der Waals surface area contributed by atoms with Crippen LogP contribution in [0.4, 0.5) is 0 Å². The fourth-order valence-electron chi connectivity index (χ4n) is 3.72. The van der Waals surface area contributed by atoms with Gasteiger partial charge < -0.3 is 14.4 Å². The van der Waals surface area contributed by atoms with E-state index in [9.17, 15) is 4.79 Å². The summed E-state index contributed by atoms with van der Waals surface area (Å²) >= 11 is 0. The minimum atomic E-state index is -0.152. The van der Waals surface area contributed by atoms with Crippen LogP contribution in [0.25, 0.3) is 0 Å². The molecule has 1 atom stereocenters. The van der Waals surface area contributed by atoms with E-state index in [-0.39, 0.29) is 17.6 Å². The Kier molecular flexibility index (Phi) is 4.95. The van der Waals surface area contributed by atoms with Crippen molar-refractivity contribution in [3.8, 4) is 0 Å². The Hall–Kier alpha value is -2.31. The number of piperidine rings is 1. The second-order valence-corrected chi connectivity index (χ2v) is 7.00. The number of amides is 1. The SMILES string of the molecule is O=C(c1ccccn1)N1CCC2(CC1)C[C@H](OCc1cccnc1)CO2. The zero-order valence-electron chi connectivity index (χ0n) is 14.7. The maximum absolute atomic E-state index is 12.5. The molecule has 4 heterocycles. The van der Waals surface area contributed by atoms with E-state index in [0.29, 0.717) is 32.0 Å². The molecule has 2 saturated heterocycles. The summed E-state index contributed by atoms with van der Waals surface area (Å²) in [6.07, 6.45) is 7.93. The molecule has 6 nitrogen and oxygen atoms in total. The first-order valence-electron chi connectivity index (χ1n) is 9.09. The van der Waals surface area contributed by atoms with Gasteiger partial charge in [-0.2, -0.15) is 0 Å². The summed E-state index contributed by atoms with van der Waals surface area (Å²) in [6, 6.07) is 9.36. The molecule has 6 heteroatoms. The Morgan fingerprint density at radius 1 is 1.23 bits per heavy atom. The highest BCUT2D eigenvalue weighted by Crippen LogP contribution is 2.37. The number of hydrogen-bond acceptors (Lipinski definition) is 5. The summed E-state index contributed by atoms with van der Waals surface area (Å²) in [5, 5.41) is 0. The molecule has 2 aromatic rings. The lowest BCUT2D eigenvalue weighted by Crippen LogP contribution is -2.46. The Morgan fingerprint density at radius 2 is 2.12 bits per heavy atom. The second-order valence-electron chi connectivity index (χ2n) is 7.00. The van der Waals surface area contributed by atoms with Crippen LogP contribution in [0.15, 0.2) is 48.9 Å². The predicted molar refractivity (Wildman–Crippen MR) is 95.5 cm³/mol. The highest BCUT2D eigenvalue weighted by atomic mass is 16.6. The summed E-state index contributed by atoms with van der Waals surface area (Å²) in [7, 11) is 0. The Balaban J connectivity index is 1.28. The maximum atomic E-state index is 12.5. The van der Waals surface area contributed by atoms with Gasteiger partial charge in [0.2, 0.25) is 0 Å². The molecule has 26 heavy (non-hydrogen) atoms. The molecular weight excluding hydrogens is 330 g/mol. The highest BCUT2D eigenvalue weighted by molar-refractivity contribution is 5.92. The van der Waals surface area contributed by atoms with Crippen LogP contribution in [-0.4, -0.2) is 52.2 Å². The molecule has 2 aliphatic rings. The van der Waals surface area contributed by atoms with Gasteiger partial charge in [-0.15, -0.1) is 0 Å². The van der Waals surface area contributed by atoms with Crippen molar-refractivity contribution in [1.29, 1.82) is 0 Å². The number of hydrogen-bond donors (Lipinski definition) is 0. The number of rotatable bonds is 4. The van der Waals surface area contributed by atoms with E-state index >= 15 is 0 Å². The molecule has 0 unspecified atom stereocenters. The quantitative estimate of drug-likeness (QED) is 0.845. The van der Waals surface area contributed by atoms with E-state index in [1.807, 2.05) is 35.4 Å². The number of aromatic nitrogens is 2. The molecule has 2 fully saturated rings. The van der Waals surface area contributed by atoms with E-state index in [1.54, 1.807) is 18.5 Å². The molecule has 0 aromatic carbocycles. The van der Waals surface area contributed by atoms with Gasteiger partial charge in [-0.3, -0.25) is 14.8 Å². The number of carbonyl (C=O) groups is 1. The Morgan fingerprint density at radius 3 is 2.85 bits per heavy atom. The molecule has 2 aliphatic heterocycles. The van der Waals surface area contributed by atoms with Gasteiger partial charge in [0.05, 0.1) is 24.9 Å². The normalized spacial score (nSPS) is 21.8. The van der Waals surface area contributed by atoms with Crippen molar-refractivity contribution in [3.63, 3.8) is 0 Å². The van der Waals surface area contributed by atoms with Crippen LogP contribution < -0.4 is 0 Å². The summed E-state index contributed by atoms with van der Waals surface area (Å²) < 4.78 is 12.1. The van der Waals surface area contributed by atoms with E-state index < -0.39 is 0 Å². The van der Waals surface area contributed by atoms with Gasteiger partial charge >= 0.3 is 0 Å². The lowest BCUT2D eigenvalue weighted by atomic mass is 9.88. The third kappa shape index (κ3) is 3.76. The smallest absolute Gasteiger partial charge is 0.272 e. The molecule has 0 saturated carbocycles. The van der Waals surface area contributed by atoms with Gasteiger partial charge in [0.25, 0.3) is 5.91 Å². The van der Waals surface area contributed by atoms with Crippen molar-refractivity contribution in [3.05, 3.63) is 60.2 Å². The second kappa shape index (κ2) is 7.51. The van der Waals surface area contributed by atoms with Crippen LogP contribution in [0.1, 0.15) is 35.3 Å². The van der Waals surface area contributed by atoms with Crippen molar-refractivity contribution in [2.75, 3.05) is 19.7 Å². The van der Waals surface area contributed by atoms with Crippen LogP contribution >= 0.6 is 0 Å². The fourth-order valence-corrected chi connectivity index (χ4v) is 3.72. The van der Waals surface area contributed by atoms with Crippen LogP contribution in [-0.2, 0) is 16.1 Å². The molecule has 4 rings (SSSR count).